The van der Waals surface area contributed by atoms with Crippen LogP contribution in [0.2, 0.25) is 0 Å². The van der Waals surface area contributed by atoms with Gasteiger partial charge in [-0.05, 0) is 45.4 Å². The van der Waals surface area contributed by atoms with E-state index in [1.807, 2.05) is 0 Å². The van der Waals surface area contributed by atoms with Crippen LogP contribution in [0.1, 0.15) is 32.6 Å². The summed E-state index contributed by atoms with van der Waals surface area (Å²) in [5.41, 5.74) is 10.9. The molecule has 0 saturated carbocycles. The van der Waals surface area contributed by atoms with Crippen molar-refractivity contribution >= 4 is 0 Å². The maximum absolute atomic E-state index is 5.43. The molecule has 0 atom stereocenters. The Morgan fingerprint density at radius 1 is 1.00 bits per heavy atom. The van der Waals surface area contributed by atoms with Crippen LogP contribution in [0.3, 0.4) is 0 Å². The molecule has 0 aliphatic carbocycles. The number of hydrogen-bond donors (Lipinski definition) is 4. The smallest absolute Gasteiger partial charge is 0.0571 e. The quantitative estimate of drug-likeness (QED) is 0.297. The van der Waals surface area contributed by atoms with Crippen molar-refractivity contribution in [2.24, 2.45) is 11.5 Å². The standard InChI is InChI=1S/C10H26N4/c1-2-5-10(13-8-3-6-11)14-9-4-7-12/h10,13-14H,2-9,11-12H2,1H3. The molecule has 0 heterocycles. The van der Waals surface area contributed by atoms with Crippen LogP contribution in [0.5, 0.6) is 0 Å². The average Bonchev–Trinajstić information content (AvgIpc) is 2.18. The first-order valence-electron chi connectivity index (χ1n) is 5.72. The molecule has 0 radical (unpaired) electrons. The van der Waals surface area contributed by atoms with Gasteiger partial charge in [0.05, 0.1) is 6.17 Å². The lowest BCUT2D eigenvalue weighted by Gasteiger charge is -2.19. The van der Waals surface area contributed by atoms with Crippen molar-refractivity contribution in [3.05, 3.63) is 0 Å². The van der Waals surface area contributed by atoms with Crippen molar-refractivity contribution in [2.75, 3.05) is 26.2 Å². The molecular formula is C10H26N4. The Morgan fingerprint density at radius 2 is 1.50 bits per heavy atom. The minimum atomic E-state index is 0.429. The van der Waals surface area contributed by atoms with Crippen LogP contribution in [0.25, 0.3) is 0 Å². The number of rotatable bonds is 10. The molecular weight excluding hydrogens is 176 g/mol. The Bertz CT molecular complexity index is 98.3. The van der Waals surface area contributed by atoms with Crippen LogP contribution < -0.4 is 22.1 Å². The predicted molar refractivity (Wildman–Crippen MR) is 62.0 cm³/mol. The van der Waals surface area contributed by atoms with E-state index in [1.165, 1.54) is 6.42 Å². The maximum Gasteiger partial charge on any atom is 0.0571 e. The van der Waals surface area contributed by atoms with Crippen molar-refractivity contribution in [1.82, 2.24) is 10.6 Å². The van der Waals surface area contributed by atoms with Gasteiger partial charge in [-0.3, -0.25) is 0 Å². The fourth-order valence-electron chi connectivity index (χ4n) is 1.32. The van der Waals surface area contributed by atoms with E-state index in [9.17, 15) is 0 Å². The Morgan fingerprint density at radius 3 is 1.86 bits per heavy atom. The predicted octanol–water partition coefficient (Wildman–Crippen LogP) is -0.0106. The first kappa shape index (κ1) is 13.8. The lowest BCUT2D eigenvalue weighted by atomic mass is 10.2. The summed E-state index contributed by atoms with van der Waals surface area (Å²) in [7, 11) is 0. The first-order valence-corrected chi connectivity index (χ1v) is 5.72. The van der Waals surface area contributed by atoms with Gasteiger partial charge in [-0.25, -0.2) is 0 Å². The van der Waals surface area contributed by atoms with E-state index in [4.69, 9.17) is 11.5 Å². The fraction of sp³-hybridized carbons (Fsp3) is 1.00. The second-order valence-electron chi connectivity index (χ2n) is 3.53. The molecule has 0 fully saturated rings. The van der Waals surface area contributed by atoms with E-state index in [-0.39, 0.29) is 0 Å². The highest BCUT2D eigenvalue weighted by molar-refractivity contribution is 4.64. The third-order valence-corrected chi connectivity index (χ3v) is 2.12. The summed E-state index contributed by atoms with van der Waals surface area (Å²) >= 11 is 0. The van der Waals surface area contributed by atoms with Crippen molar-refractivity contribution in [1.29, 1.82) is 0 Å². The van der Waals surface area contributed by atoms with Gasteiger partial charge >= 0.3 is 0 Å². The van der Waals surface area contributed by atoms with Gasteiger partial charge in [0.15, 0.2) is 0 Å². The molecule has 0 aliphatic heterocycles. The highest BCUT2D eigenvalue weighted by Crippen LogP contribution is 1.93. The Kier molecular flexibility index (Phi) is 10.8. The maximum atomic E-state index is 5.43. The molecule has 0 amide bonds. The third kappa shape index (κ3) is 8.44. The molecule has 6 N–H and O–H groups in total. The Balaban J connectivity index is 3.44. The zero-order valence-electron chi connectivity index (χ0n) is 9.39. The summed E-state index contributed by atoms with van der Waals surface area (Å²) in [6.45, 7) is 5.71. The highest BCUT2D eigenvalue weighted by Gasteiger charge is 2.03. The van der Waals surface area contributed by atoms with Gasteiger partial charge in [-0.1, -0.05) is 13.3 Å². The van der Waals surface area contributed by atoms with Crippen molar-refractivity contribution in [3.63, 3.8) is 0 Å². The van der Waals surface area contributed by atoms with Gasteiger partial charge < -0.3 is 22.1 Å². The van der Waals surface area contributed by atoms with Crippen molar-refractivity contribution in [3.8, 4) is 0 Å². The zero-order valence-corrected chi connectivity index (χ0v) is 9.39. The van der Waals surface area contributed by atoms with E-state index in [1.54, 1.807) is 0 Å². The van der Waals surface area contributed by atoms with Gasteiger partial charge in [-0.2, -0.15) is 0 Å². The van der Waals surface area contributed by atoms with E-state index >= 15 is 0 Å². The SMILES string of the molecule is CCCC(NCCCN)NCCCN. The molecule has 4 heteroatoms. The summed E-state index contributed by atoms with van der Waals surface area (Å²) in [6.07, 6.45) is 4.86. The molecule has 0 saturated heterocycles. The molecule has 0 spiro atoms. The second-order valence-corrected chi connectivity index (χ2v) is 3.53. The molecule has 86 valence electrons. The van der Waals surface area contributed by atoms with Crippen LogP contribution in [-0.4, -0.2) is 32.3 Å². The Hall–Kier alpha value is -0.160. The van der Waals surface area contributed by atoms with Crippen LogP contribution in [0.4, 0.5) is 0 Å². The minimum absolute atomic E-state index is 0.429. The van der Waals surface area contributed by atoms with Crippen LogP contribution in [-0.2, 0) is 0 Å². The first-order chi connectivity index (χ1) is 6.85. The topological polar surface area (TPSA) is 76.1 Å². The van der Waals surface area contributed by atoms with E-state index in [2.05, 4.69) is 17.6 Å². The summed E-state index contributed by atoms with van der Waals surface area (Å²) in [4.78, 5) is 0. The molecule has 0 aromatic carbocycles. The Labute approximate surface area is 87.8 Å². The largest absolute Gasteiger partial charge is 0.330 e. The van der Waals surface area contributed by atoms with Crippen LogP contribution >= 0.6 is 0 Å². The lowest BCUT2D eigenvalue weighted by molar-refractivity contribution is 0.395. The zero-order chi connectivity index (χ0) is 10.6. The van der Waals surface area contributed by atoms with E-state index in [0.29, 0.717) is 6.17 Å². The van der Waals surface area contributed by atoms with Gasteiger partial charge in [0, 0.05) is 0 Å². The average molecular weight is 202 g/mol. The molecule has 14 heavy (non-hydrogen) atoms. The third-order valence-electron chi connectivity index (χ3n) is 2.12. The van der Waals surface area contributed by atoms with Crippen molar-refractivity contribution < 1.29 is 0 Å². The summed E-state index contributed by atoms with van der Waals surface area (Å²) in [5.74, 6) is 0. The normalized spacial score (nSPS) is 11.1. The lowest BCUT2D eigenvalue weighted by Crippen LogP contribution is -2.43. The molecule has 4 nitrogen and oxygen atoms in total. The van der Waals surface area contributed by atoms with Crippen LogP contribution in [0, 0.1) is 0 Å². The number of hydrogen-bond acceptors (Lipinski definition) is 4. The van der Waals surface area contributed by atoms with Gasteiger partial charge in [0.25, 0.3) is 0 Å². The van der Waals surface area contributed by atoms with Gasteiger partial charge in [0.2, 0.25) is 0 Å². The molecule has 0 rings (SSSR count). The fourth-order valence-corrected chi connectivity index (χ4v) is 1.32. The summed E-state index contributed by atoms with van der Waals surface area (Å²) in [5, 5.41) is 6.90. The van der Waals surface area contributed by atoms with E-state index in [0.717, 1.165) is 45.4 Å². The minimum Gasteiger partial charge on any atom is -0.330 e. The van der Waals surface area contributed by atoms with Gasteiger partial charge in [0.1, 0.15) is 0 Å². The monoisotopic (exact) mass is 202 g/mol. The van der Waals surface area contributed by atoms with Crippen molar-refractivity contribution in [2.45, 2.75) is 38.8 Å². The summed E-state index contributed by atoms with van der Waals surface area (Å²) < 4.78 is 0. The molecule has 0 aromatic rings. The molecule has 0 unspecified atom stereocenters. The molecule has 0 aromatic heterocycles. The number of nitrogens with one attached hydrogen (secondary N) is 2. The summed E-state index contributed by atoms with van der Waals surface area (Å²) in [6, 6.07) is 0. The number of nitrogens with two attached hydrogens (primary N) is 2. The van der Waals surface area contributed by atoms with Crippen LogP contribution in [0.15, 0.2) is 0 Å². The molecule has 0 aliphatic rings. The van der Waals surface area contributed by atoms with Gasteiger partial charge in [-0.15, -0.1) is 0 Å². The molecule has 0 bridgehead atoms. The second kappa shape index (κ2) is 10.9. The van der Waals surface area contributed by atoms with E-state index < -0.39 is 0 Å². The highest BCUT2D eigenvalue weighted by atomic mass is 15.1.